The van der Waals surface area contributed by atoms with Gasteiger partial charge in [-0.2, -0.15) is 0 Å². The van der Waals surface area contributed by atoms with Crippen molar-refractivity contribution in [3.8, 4) is 17.0 Å². The fraction of sp³-hybridized carbons (Fsp3) is 0.0667. The minimum absolute atomic E-state index is 0.153. The standard InChI is InChI=1S/C15H11N3O5S/c1-22-10-4-2-3-9(7-10)11-8-24-15(16-11)17-14(19)12-5-6-13(23-12)18(20)21/h2-8H,1H3,(H,16,17,19). The molecule has 122 valence electrons. The number of furan rings is 1. The van der Waals surface area contributed by atoms with Crippen LogP contribution in [0.1, 0.15) is 10.6 Å². The second-order valence-corrected chi connectivity index (χ2v) is 5.48. The molecule has 0 saturated carbocycles. The zero-order chi connectivity index (χ0) is 17.1. The molecule has 8 nitrogen and oxygen atoms in total. The van der Waals surface area contributed by atoms with Gasteiger partial charge in [-0.05, 0) is 18.2 Å². The summed E-state index contributed by atoms with van der Waals surface area (Å²) >= 11 is 1.23. The van der Waals surface area contributed by atoms with E-state index in [0.29, 0.717) is 16.6 Å². The number of hydrogen-bond acceptors (Lipinski definition) is 7. The average Bonchev–Trinajstić information content (AvgIpc) is 3.24. The molecule has 0 spiro atoms. The molecule has 1 aromatic carbocycles. The van der Waals surface area contributed by atoms with Gasteiger partial charge in [0.15, 0.2) is 10.9 Å². The van der Waals surface area contributed by atoms with Crippen LogP contribution in [0.3, 0.4) is 0 Å². The van der Waals surface area contributed by atoms with E-state index in [1.165, 1.54) is 17.4 Å². The van der Waals surface area contributed by atoms with E-state index in [1.54, 1.807) is 12.5 Å². The minimum Gasteiger partial charge on any atom is -0.497 e. The maximum atomic E-state index is 12.0. The number of amides is 1. The fourth-order valence-electron chi connectivity index (χ4n) is 1.95. The summed E-state index contributed by atoms with van der Waals surface area (Å²) < 4.78 is 10.0. The van der Waals surface area contributed by atoms with Gasteiger partial charge in [-0.1, -0.05) is 12.1 Å². The van der Waals surface area contributed by atoms with Crippen LogP contribution in [0.4, 0.5) is 11.0 Å². The number of nitrogens with one attached hydrogen (secondary N) is 1. The highest BCUT2D eigenvalue weighted by molar-refractivity contribution is 7.14. The van der Waals surface area contributed by atoms with Crippen LogP contribution in [-0.2, 0) is 0 Å². The molecule has 0 radical (unpaired) electrons. The topological polar surface area (TPSA) is 108 Å². The first-order valence-electron chi connectivity index (χ1n) is 6.72. The molecule has 2 aromatic heterocycles. The number of thiazole rings is 1. The van der Waals surface area contributed by atoms with Gasteiger partial charge in [0, 0.05) is 10.9 Å². The summed E-state index contributed by atoms with van der Waals surface area (Å²) in [5.74, 6) is -0.542. The Bertz CT molecular complexity index is 902. The third-order valence-electron chi connectivity index (χ3n) is 3.09. The lowest BCUT2D eigenvalue weighted by Gasteiger charge is -2.01. The molecule has 24 heavy (non-hydrogen) atoms. The van der Waals surface area contributed by atoms with Crippen molar-refractivity contribution in [3.05, 3.63) is 57.7 Å². The molecule has 9 heteroatoms. The van der Waals surface area contributed by atoms with Gasteiger partial charge in [-0.3, -0.25) is 20.2 Å². The highest BCUT2D eigenvalue weighted by Crippen LogP contribution is 2.28. The quantitative estimate of drug-likeness (QED) is 0.559. The molecular formula is C15H11N3O5S. The van der Waals surface area contributed by atoms with Crippen molar-refractivity contribution in [1.29, 1.82) is 0 Å². The van der Waals surface area contributed by atoms with Crippen LogP contribution in [0, 0.1) is 10.1 Å². The number of carbonyl (C=O) groups excluding carboxylic acids is 1. The summed E-state index contributed by atoms with van der Waals surface area (Å²) in [4.78, 5) is 26.2. The van der Waals surface area contributed by atoms with E-state index >= 15 is 0 Å². The van der Waals surface area contributed by atoms with E-state index < -0.39 is 16.7 Å². The number of rotatable bonds is 5. The van der Waals surface area contributed by atoms with Gasteiger partial charge in [-0.25, -0.2) is 4.98 Å². The lowest BCUT2D eigenvalue weighted by molar-refractivity contribution is -0.402. The van der Waals surface area contributed by atoms with Gasteiger partial charge in [0.05, 0.1) is 18.9 Å². The van der Waals surface area contributed by atoms with Gasteiger partial charge in [0.2, 0.25) is 0 Å². The van der Waals surface area contributed by atoms with Crippen molar-refractivity contribution in [1.82, 2.24) is 4.98 Å². The molecule has 0 aliphatic rings. The Morgan fingerprint density at radius 2 is 2.21 bits per heavy atom. The second-order valence-electron chi connectivity index (χ2n) is 4.62. The molecule has 2 heterocycles. The SMILES string of the molecule is COc1cccc(-c2csc(NC(=O)c3ccc([N+](=O)[O-])o3)n2)c1. The number of hydrogen-bond donors (Lipinski definition) is 1. The first-order chi connectivity index (χ1) is 11.6. The predicted octanol–water partition coefficient (Wildman–Crippen LogP) is 3.57. The summed E-state index contributed by atoms with van der Waals surface area (Å²) in [5, 5.41) is 15.3. The number of ether oxygens (including phenoxy) is 1. The maximum absolute atomic E-state index is 12.0. The van der Waals surface area contributed by atoms with Crippen LogP contribution < -0.4 is 10.1 Å². The lowest BCUT2D eigenvalue weighted by Crippen LogP contribution is -2.10. The molecule has 0 atom stereocenters. The van der Waals surface area contributed by atoms with Crippen LogP contribution in [-0.4, -0.2) is 22.9 Å². The zero-order valence-electron chi connectivity index (χ0n) is 12.4. The number of methoxy groups -OCH3 is 1. The largest absolute Gasteiger partial charge is 0.497 e. The normalized spacial score (nSPS) is 10.4. The van der Waals surface area contributed by atoms with Gasteiger partial charge in [0.1, 0.15) is 10.7 Å². The van der Waals surface area contributed by atoms with Crippen LogP contribution in [0.5, 0.6) is 5.75 Å². The van der Waals surface area contributed by atoms with E-state index in [9.17, 15) is 14.9 Å². The molecule has 0 bridgehead atoms. The molecule has 0 aliphatic carbocycles. The third-order valence-corrected chi connectivity index (χ3v) is 3.84. The number of benzene rings is 1. The minimum atomic E-state index is -0.707. The maximum Gasteiger partial charge on any atom is 0.433 e. The van der Waals surface area contributed by atoms with Crippen LogP contribution in [0.2, 0.25) is 0 Å². The number of carbonyl (C=O) groups is 1. The van der Waals surface area contributed by atoms with Crippen molar-refractivity contribution in [2.24, 2.45) is 0 Å². The van der Waals surface area contributed by atoms with Crippen molar-refractivity contribution < 1.29 is 18.9 Å². The zero-order valence-corrected chi connectivity index (χ0v) is 13.2. The van der Waals surface area contributed by atoms with E-state index in [4.69, 9.17) is 9.15 Å². The summed E-state index contributed by atoms with van der Waals surface area (Å²) in [6, 6.07) is 9.73. The van der Waals surface area contributed by atoms with Crippen LogP contribution in [0.15, 0.2) is 46.2 Å². The van der Waals surface area contributed by atoms with Crippen molar-refractivity contribution in [2.75, 3.05) is 12.4 Å². The van der Waals surface area contributed by atoms with Gasteiger partial charge in [-0.15, -0.1) is 11.3 Å². The molecule has 0 aliphatic heterocycles. The molecule has 0 saturated heterocycles. The number of anilines is 1. The van der Waals surface area contributed by atoms with Crippen LogP contribution >= 0.6 is 11.3 Å². The fourth-order valence-corrected chi connectivity index (χ4v) is 2.67. The monoisotopic (exact) mass is 345 g/mol. The van der Waals surface area contributed by atoms with E-state index in [-0.39, 0.29) is 5.76 Å². The Hall–Kier alpha value is -3.20. The Kier molecular flexibility index (Phi) is 4.25. The summed E-state index contributed by atoms with van der Waals surface area (Å²) in [5.41, 5.74) is 1.53. The summed E-state index contributed by atoms with van der Waals surface area (Å²) in [6.07, 6.45) is 0. The summed E-state index contributed by atoms with van der Waals surface area (Å²) in [7, 11) is 1.58. The molecular weight excluding hydrogens is 334 g/mol. The second kappa shape index (κ2) is 6.50. The Labute approximate surface area is 139 Å². The first-order valence-corrected chi connectivity index (χ1v) is 7.60. The van der Waals surface area contributed by atoms with Gasteiger partial charge in [0.25, 0.3) is 5.91 Å². The van der Waals surface area contributed by atoms with Crippen LogP contribution in [0.25, 0.3) is 11.3 Å². The molecule has 3 aromatic rings. The van der Waals surface area contributed by atoms with Crippen molar-refractivity contribution in [2.45, 2.75) is 0 Å². The van der Waals surface area contributed by atoms with Gasteiger partial charge < -0.3 is 9.15 Å². The van der Waals surface area contributed by atoms with Crippen molar-refractivity contribution >= 4 is 28.3 Å². The molecule has 3 rings (SSSR count). The average molecular weight is 345 g/mol. The molecule has 0 unspecified atom stereocenters. The lowest BCUT2D eigenvalue weighted by atomic mass is 10.2. The summed E-state index contributed by atoms with van der Waals surface area (Å²) in [6.45, 7) is 0. The predicted molar refractivity (Wildman–Crippen MR) is 87.4 cm³/mol. The molecule has 0 fully saturated rings. The molecule has 1 N–H and O–H groups in total. The van der Waals surface area contributed by atoms with E-state index in [1.807, 2.05) is 24.3 Å². The highest BCUT2D eigenvalue weighted by Gasteiger charge is 2.18. The Morgan fingerprint density at radius 3 is 2.92 bits per heavy atom. The Morgan fingerprint density at radius 1 is 1.38 bits per heavy atom. The highest BCUT2D eigenvalue weighted by atomic mass is 32.1. The smallest absolute Gasteiger partial charge is 0.433 e. The number of nitrogens with zero attached hydrogens (tertiary/aromatic N) is 2. The number of nitro groups is 1. The number of aromatic nitrogens is 1. The van der Waals surface area contributed by atoms with Crippen molar-refractivity contribution in [3.63, 3.8) is 0 Å². The molecule has 1 amide bonds. The van der Waals surface area contributed by atoms with Gasteiger partial charge >= 0.3 is 5.88 Å². The van der Waals surface area contributed by atoms with E-state index in [2.05, 4.69) is 10.3 Å². The first kappa shape index (κ1) is 15.7. The Balaban J connectivity index is 1.75. The third kappa shape index (κ3) is 3.25. The van der Waals surface area contributed by atoms with E-state index in [0.717, 1.165) is 11.6 Å².